The van der Waals surface area contributed by atoms with Crippen LogP contribution in [-0.2, 0) is 11.3 Å². The first-order chi connectivity index (χ1) is 11.7. The normalized spacial score (nSPS) is 14.2. The molecular formula is C16H13FN4O2S. The molecule has 4 rings (SSSR count). The highest BCUT2D eigenvalue weighted by molar-refractivity contribution is 7.15. The van der Waals surface area contributed by atoms with Gasteiger partial charge in [0.25, 0.3) is 0 Å². The smallest absolute Gasteiger partial charge is 0.414 e. The van der Waals surface area contributed by atoms with Gasteiger partial charge >= 0.3 is 6.09 Å². The number of amides is 1. The van der Waals surface area contributed by atoms with E-state index >= 15 is 0 Å². The third kappa shape index (κ3) is 2.76. The number of nitrogens with zero attached hydrogens (tertiary/aromatic N) is 4. The van der Waals surface area contributed by atoms with E-state index in [0.29, 0.717) is 30.9 Å². The maximum atomic E-state index is 14.5. The van der Waals surface area contributed by atoms with Gasteiger partial charge in [-0.15, -0.1) is 16.4 Å². The molecule has 0 aliphatic carbocycles. The molecule has 1 aliphatic rings. The second-order valence-corrected chi connectivity index (χ2v) is 6.47. The fourth-order valence-corrected chi connectivity index (χ4v) is 3.61. The Morgan fingerprint density at radius 3 is 2.92 bits per heavy atom. The van der Waals surface area contributed by atoms with E-state index < -0.39 is 6.09 Å². The lowest BCUT2D eigenvalue weighted by atomic mass is 10.1. The highest BCUT2D eigenvalue weighted by atomic mass is 32.1. The number of cyclic esters (lactones) is 1. The Morgan fingerprint density at radius 2 is 2.21 bits per heavy atom. The second-order valence-electron chi connectivity index (χ2n) is 5.30. The lowest BCUT2D eigenvalue weighted by Gasteiger charge is -2.13. The summed E-state index contributed by atoms with van der Waals surface area (Å²) >= 11 is 1.50. The van der Waals surface area contributed by atoms with E-state index in [4.69, 9.17) is 4.74 Å². The number of aromatic nitrogens is 3. The summed E-state index contributed by atoms with van der Waals surface area (Å²) in [5.41, 5.74) is 1.03. The van der Waals surface area contributed by atoms with Crippen LogP contribution in [-0.4, -0.2) is 34.2 Å². The van der Waals surface area contributed by atoms with Crippen LogP contribution in [0, 0.1) is 5.82 Å². The van der Waals surface area contributed by atoms with E-state index in [9.17, 15) is 9.18 Å². The van der Waals surface area contributed by atoms with Crippen molar-refractivity contribution in [2.24, 2.45) is 0 Å². The van der Waals surface area contributed by atoms with Crippen molar-refractivity contribution in [1.82, 2.24) is 15.0 Å². The summed E-state index contributed by atoms with van der Waals surface area (Å²) in [6.45, 7) is 1.38. The molecule has 2 aromatic heterocycles. The van der Waals surface area contributed by atoms with E-state index in [2.05, 4.69) is 10.3 Å². The maximum Gasteiger partial charge on any atom is 0.414 e. The van der Waals surface area contributed by atoms with Crippen LogP contribution in [0.25, 0.3) is 10.4 Å². The number of anilines is 1. The SMILES string of the molecule is O=C1OCCN1c1ccc(-c2ccc(Cn3ccnn3)s2)c(F)c1. The maximum absolute atomic E-state index is 14.5. The molecule has 1 amide bonds. The fourth-order valence-electron chi connectivity index (χ4n) is 2.58. The second kappa shape index (κ2) is 6.04. The van der Waals surface area contributed by atoms with Crippen molar-refractivity contribution in [3.8, 4) is 10.4 Å². The van der Waals surface area contributed by atoms with Crippen molar-refractivity contribution in [2.45, 2.75) is 6.54 Å². The standard InChI is InChI=1S/C16H13FN4O2S/c17-14-9-11(21-7-8-23-16(21)22)1-3-13(14)15-4-2-12(24-15)10-20-6-5-18-19-20/h1-6,9H,7-8,10H2. The molecule has 8 heteroatoms. The molecule has 3 aromatic rings. The summed E-state index contributed by atoms with van der Waals surface area (Å²) in [5.74, 6) is -0.360. The van der Waals surface area contributed by atoms with Crippen molar-refractivity contribution in [1.29, 1.82) is 0 Å². The summed E-state index contributed by atoms with van der Waals surface area (Å²) in [6, 6.07) is 8.65. The van der Waals surface area contributed by atoms with Gasteiger partial charge in [-0.2, -0.15) is 0 Å². The van der Waals surface area contributed by atoms with Crippen molar-refractivity contribution >= 4 is 23.1 Å². The lowest BCUT2D eigenvalue weighted by Crippen LogP contribution is -2.23. The highest BCUT2D eigenvalue weighted by Crippen LogP contribution is 2.33. The Balaban J connectivity index is 1.58. The average molecular weight is 344 g/mol. The number of thiophene rings is 1. The van der Waals surface area contributed by atoms with E-state index in [1.165, 1.54) is 22.3 Å². The monoisotopic (exact) mass is 344 g/mol. The lowest BCUT2D eigenvalue weighted by molar-refractivity contribution is 0.181. The number of hydrogen-bond donors (Lipinski definition) is 0. The van der Waals surface area contributed by atoms with Crippen LogP contribution >= 0.6 is 11.3 Å². The predicted molar refractivity (Wildman–Crippen MR) is 87.5 cm³/mol. The number of carbonyl (C=O) groups excluding carboxylic acids is 1. The Morgan fingerprint density at radius 1 is 1.29 bits per heavy atom. The van der Waals surface area contributed by atoms with Gasteiger partial charge in [-0.25, -0.2) is 13.9 Å². The Bertz CT molecular complexity index is 878. The third-order valence-electron chi connectivity index (χ3n) is 3.74. The largest absolute Gasteiger partial charge is 0.447 e. The van der Waals surface area contributed by atoms with Crippen molar-refractivity contribution in [3.63, 3.8) is 0 Å². The zero-order valence-electron chi connectivity index (χ0n) is 12.6. The number of hydrogen-bond acceptors (Lipinski definition) is 5. The summed E-state index contributed by atoms with van der Waals surface area (Å²) in [5, 5.41) is 7.69. The first kappa shape index (κ1) is 14.8. The van der Waals surface area contributed by atoms with Gasteiger partial charge in [-0.3, -0.25) is 4.90 Å². The molecule has 0 bridgehead atoms. The molecular weight excluding hydrogens is 331 g/mol. The van der Waals surface area contributed by atoms with Gasteiger partial charge in [0.1, 0.15) is 12.4 Å². The molecule has 0 saturated carbocycles. The van der Waals surface area contributed by atoms with Crippen LogP contribution in [0.15, 0.2) is 42.7 Å². The van der Waals surface area contributed by atoms with Crippen molar-refractivity contribution in [2.75, 3.05) is 18.1 Å². The summed E-state index contributed by atoms with van der Waals surface area (Å²) < 4.78 is 21.1. The van der Waals surface area contributed by atoms with Gasteiger partial charge in [-0.05, 0) is 30.3 Å². The Hall–Kier alpha value is -2.74. The van der Waals surface area contributed by atoms with E-state index in [1.807, 2.05) is 12.1 Å². The first-order valence-corrected chi connectivity index (χ1v) is 8.19. The average Bonchev–Trinajstić information content (AvgIpc) is 3.30. The molecule has 0 radical (unpaired) electrons. The Labute approximate surface area is 141 Å². The van der Waals surface area contributed by atoms with Crippen LogP contribution in [0.4, 0.5) is 14.9 Å². The molecule has 0 N–H and O–H groups in total. The van der Waals surface area contributed by atoms with Gasteiger partial charge in [0, 0.05) is 21.5 Å². The molecule has 24 heavy (non-hydrogen) atoms. The van der Waals surface area contributed by atoms with Gasteiger partial charge in [0.2, 0.25) is 0 Å². The van der Waals surface area contributed by atoms with Crippen LogP contribution in [0.1, 0.15) is 4.88 Å². The molecule has 1 saturated heterocycles. The van der Waals surface area contributed by atoms with Crippen LogP contribution in [0.3, 0.4) is 0 Å². The molecule has 1 aromatic carbocycles. The van der Waals surface area contributed by atoms with Crippen LogP contribution in [0.2, 0.25) is 0 Å². The molecule has 0 spiro atoms. The van der Waals surface area contributed by atoms with Gasteiger partial charge < -0.3 is 4.74 Å². The van der Waals surface area contributed by atoms with Gasteiger partial charge in [0.05, 0.1) is 25.0 Å². The van der Waals surface area contributed by atoms with E-state index in [-0.39, 0.29) is 5.82 Å². The fraction of sp³-hybridized carbons (Fsp3) is 0.188. The van der Waals surface area contributed by atoms with Gasteiger partial charge in [0.15, 0.2) is 0 Å². The number of halogens is 1. The van der Waals surface area contributed by atoms with Crippen LogP contribution in [0.5, 0.6) is 0 Å². The summed E-state index contributed by atoms with van der Waals surface area (Å²) in [4.78, 5) is 14.9. The highest BCUT2D eigenvalue weighted by Gasteiger charge is 2.24. The minimum absolute atomic E-state index is 0.332. The molecule has 0 unspecified atom stereocenters. The first-order valence-electron chi connectivity index (χ1n) is 7.38. The summed E-state index contributed by atoms with van der Waals surface area (Å²) in [7, 11) is 0. The quantitative estimate of drug-likeness (QED) is 0.729. The molecule has 6 nitrogen and oxygen atoms in total. The summed E-state index contributed by atoms with van der Waals surface area (Å²) in [6.07, 6.45) is 2.97. The minimum atomic E-state index is -0.437. The van der Waals surface area contributed by atoms with Gasteiger partial charge in [-0.1, -0.05) is 5.21 Å². The predicted octanol–water partition coefficient (Wildman–Crippen LogP) is 3.15. The Kier molecular flexibility index (Phi) is 3.73. The van der Waals surface area contributed by atoms with E-state index in [0.717, 1.165) is 9.75 Å². The topological polar surface area (TPSA) is 60.2 Å². The van der Waals surface area contributed by atoms with Crippen molar-refractivity contribution in [3.05, 3.63) is 53.4 Å². The molecule has 1 fully saturated rings. The van der Waals surface area contributed by atoms with Crippen molar-refractivity contribution < 1.29 is 13.9 Å². The zero-order valence-corrected chi connectivity index (χ0v) is 13.4. The number of rotatable bonds is 4. The van der Waals surface area contributed by atoms with E-state index in [1.54, 1.807) is 29.2 Å². The molecule has 1 aliphatic heterocycles. The van der Waals surface area contributed by atoms with Crippen LogP contribution < -0.4 is 4.90 Å². The molecule has 3 heterocycles. The number of ether oxygens (including phenoxy) is 1. The zero-order chi connectivity index (χ0) is 16.5. The minimum Gasteiger partial charge on any atom is -0.447 e. The molecule has 122 valence electrons. The third-order valence-corrected chi connectivity index (χ3v) is 4.85. The number of carbonyl (C=O) groups is 1. The number of benzene rings is 1. The molecule has 0 atom stereocenters.